The molecule has 1 saturated carbocycles. The molecule has 2 aromatic carbocycles. The summed E-state index contributed by atoms with van der Waals surface area (Å²) < 4.78 is 2.75. The Morgan fingerprint density at radius 3 is 2.63 bits per heavy atom. The Bertz CT molecular complexity index is 1050. The van der Waals surface area contributed by atoms with Crippen molar-refractivity contribution >= 4 is 38.6 Å². The highest BCUT2D eigenvalue weighted by molar-refractivity contribution is 9.10. The van der Waals surface area contributed by atoms with Crippen molar-refractivity contribution in [2.45, 2.75) is 38.6 Å². The number of nitrogens with one attached hydrogen (secondary N) is 2. The molecule has 140 valence electrons. The van der Waals surface area contributed by atoms with E-state index in [0.717, 1.165) is 52.4 Å². The van der Waals surface area contributed by atoms with Gasteiger partial charge in [-0.05, 0) is 78.4 Å². The van der Waals surface area contributed by atoms with E-state index in [9.17, 15) is 9.59 Å². The van der Waals surface area contributed by atoms with Crippen LogP contribution in [0.2, 0.25) is 0 Å². The van der Waals surface area contributed by atoms with Crippen molar-refractivity contribution in [3.05, 3.63) is 63.0 Å². The molecule has 0 aliphatic heterocycles. The maximum atomic E-state index is 12.6. The molecule has 1 aliphatic rings. The summed E-state index contributed by atoms with van der Waals surface area (Å²) in [6.07, 6.45) is 3.22. The van der Waals surface area contributed by atoms with Crippen LogP contribution in [-0.4, -0.2) is 15.5 Å². The van der Waals surface area contributed by atoms with Crippen molar-refractivity contribution in [3.63, 3.8) is 0 Å². The predicted molar refractivity (Wildman–Crippen MR) is 111 cm³/mol. The Hall–Kier alpha value is -2.34. The van der Waals surface area contributed by atoms with Crippen molar-refractivity contribution in [1.82, 2.24) is 9.55 Å². The minimum atomic E-state index is -0.0791. The van der Waals surface area contributed by atoms with Gasteiger partial charge in [-0.25, -0.2) is 4.79 Å². The van der Waals surface area contributed by atoms with Crippen LogP contribution in [0.15, 0.2) is 51.7 Å². The molecule has 2 N–H and O–H groups in total. The minimum Gasteiger partial charge on any atom is -0.326 e. The average molecular weight is 428 g/mol. The third kappa shape index (κ3) is 3.58. The number of hydrogen-bond donors (Lipinski definition) is 2. The molecule has 4 rings (SSSR count). The van der Waals surface area contributed by atoms with Crippen molar-refractivity contribution < 1.29 is 4.79 Å². The number of carbonyl (C=O) groups is 1. The van der Waals surface area contributed by atoms with Crippen molar-refractivity contribution in [1.29, 1.82) is 0 Å². The molecular formula is C21H22BrN3O2. The summed E-state index contributed by atoms with van der Waals surface area (Å²) in [5, 5.41) is 3.03. The van der Waals surface area contributed by atoms with Crippen molar-refractivity contribution in [2.24, 2.45) is 5.92 Å². The highest BCUT2D eigenvalue weighted by Crippen LogP contribution is 2.34. The molecule has 0 spiro atoms. The first-order chi connectivity index (χ1) is 13.0. The maximum absolute atomic E-state index is 12.6. The number of benzene rings is 2. The molecule has 6 heteroatoms. The van der Waals surface area contributed by atoms with Gasteiger partial charge in [-0.15, -0.1) is 0 Å². The molecule has 1 amide bonds. The lowest BCUT2D eigenvalue weighted by Gasteiger charge is -2.28. The van der Waals surface area contributed by atoms with Crippen LogP contribution >= 0.6 is 15.9 Å². The quantitative estimate of drug-likeness (QED) is 0.631. The molecule has 0 bridgehead atoms. The molecule has 1 fully saturated rings. The van der Waals surface area contributed by atoms with Gasteiger partial charge in [-0.1, -0.05) is 18.2 Å². The molecule has 1 aromatic heterocycles. The number of aromatic amines is 1. The van der Waals surface area contributed by atoms with E-state index in [2.05, 4.69) is 26.2 Å². The second-order valence-corrected chi connectivity index (χ2v) is 8.15. The van der Waals surface area contributed by atoms with Gasteiger partial charge in [0, 0.05) is 22.1 Å². The zero-order valence-electron chi connectivity index (χ0n) is 15.2. The Kier molecular flexibility index (Phi) is 4.91. The zero-order valence-corrected chi connectivity index (χ0v) is 16.8. The molecule has 3 aromatic rings. The number of imidazole rings is 1. The smallest absolute Gasteiger partial charge is 0.326 e. The lowest BCUT2D eigenvalue weighted by molar-refractivity contribution is -0.121. The third-order valence-corrected chi connectivity index (χ3v) is 6.08. The van der Waals surface area contributed by atoms with Crippen LogP contribution in [0.3, 0.4) is 0 Å². The van der Waals surface area contributed by atoms with E-state index in [1.807, 2.05) is 54.0 Å². The summed E-state index contributed by atoms with van der Waals surface area (Å²) in [6, 6.07) is 13.8. The number of amides is 1. The summed E-state index contributed by atoms with van der Waals surface area (Å²) in [7, 11) is 0. The SMILES string of the molecule is Cc1cccc(NC(=O)[C@H]2CC[C@@H](n3c(=O)[nH]c4c(Br)cccc43)CC2)c1. The number of anilines is 1. The molecule has 0 atom stereocenters. The highest BCUT2D eigenvalue weighted by atomic mass is 79.9. The largest absolute Gasteiger partial charge is 0.326 e. The first-order valence-corrected chi connectivity index (χ1v) is 10.1. The summed E-state index contributed by atoms with van der Waals surface area (Å²) in [4.78, 5) is 28.0. The van der Waals surface area contributed by atoms with Gasteiger partial charge >= 0.3 is 5.69 Å². The summed E-state index contributed by atoms with van der Waals surface area (Å²) in [5.41, 5.74) is 3.65. The first-order valence-electron chi connectivity index (χ1n) is 9.29. The van der Waals surface area contributed by atoms with Gasteiger partial charge in [-0.3, -0.25) is 9.36 Å². The van der Waals surface area contributed by atoms with Crippen molar-refractivity contribution in [3.8, 4) is 0 Å². The normalized spacial score (nSPS) is 19.9. The highest BCUT2D eigenvalue weighted by Gasteiger charge is 2.29. The van der Waals surface area contributed by atoms with Crippen molar-refractivity contribution in [2.75, 3.05) is 5.32 Å². The molecule has 1 aliphatic carbocycles. The zero-order chi connectivity index (χ0) is 19.0. The summed E-state index contributed by atoms with van der Waals surface area (Å²) in [5.74, 6) is 0.0717. The Morgan fingerprint density at radius 2 is 1.89 bits per heavy atom. The lowest BCUT2D eigenvalue weighted by Crippen LogP contribution is -2.31. The van der Waals surface area contributed by atoms with E-state index in [1.54, 1.807) is 0 Å². The molecule has 27 heavy (non-hydrogen) atoms. The van der Waals surface area contributed by atoms with Crippen LogP contribution < -0.4 is 11.0 Å². The Balaban J connectivity index is 1.46. The maximum Gasteiger partial charge on any atom is 0.326 e. The number of aromatic nitrogens is 2. The van der Waals surface area contributed by atoms with Gasteiger partial charge in [0.25, 0.3) is 0 Å². The van der Waals surface area contributed by atoms with Gasteiger partial charge in [0.15, 0.2) is 0 Å². The molecular weight excluding hydrogens is 406 g/mol. The molecule has 0 radical (unpaired) electrons. The van der Waals surface area contributed by atoms with Crippen LogP contribution in [0.5, 0.6) is 0 Å². The number of para-hydroxylation sites is 1. The molecule has 0 unspecified atom stereocenters. The summed E-state index contributed by atoms with van der Waals surface area (Å²) in [6.45, 7) is 2.01. The second-order valence-electron chi connectivity index (χ2n) is 7.30. The number of hydrogen-bond acceptors (Lipinski definition) is 2. The predicted octanol–water partition coefficient (Wildman–Crippen LogP) is 4.77. The Labute approximate surface area is 165 Å². The van der Waals surface area contributed by atoms with Gasteiger partial charge < -0.3 is 10.3 Å². The minimum absolute atomic E-state index is 0.00518. The van der Waals surface area contributed by atoms with Crippen LogP contribution in [0.4, 0.5) is 5.69 Å². The molecule has 0 saturated heterocycles. The number of carbonyl (C=O) groups excluding carboxylic acids is 1. The van der Waals surface area contributed by atoms with Crippen LogP contribution in [0, 0.1) is 12.8 Å². The fourth-order valence-corrected chi connectivity index (χ4v) is 4.49. The van der Waals surface area contributed by atoms with Gasteiger partial charge in [-0.2, -0.15) is 0 Å². The van der Waals surface area contributed by atoms with E-state index in [-0.39, 0.29) is 23.6 Å². The van der Waals surface area contributed by atoms with E-state index >= 15 is 0 Å². The van der Waals surface area contributed by atoms with Crippen LogP contribution in [0.25, 0.3) is 11.0 Å². The average Bonchev–Trinajstić information content (AvgIpc) is 2.99. The monoisotopic (exact) mass is 427 g/mol. The van der Waals surface area contributed by atoms with Crippen LogP contribution in [-0.2, 0) is 4.79 Å². The lowest BCUT2D eigenvalue weighted by atomic mass is 9.85. The number of rotatable bonds is 3. The van der Waals surface area contributed by atoms with E-state index in [1.165, 1.54) is 0 Å². The number of H-pyrrole nitrogens is 1. The Morgan fingerprint density at radius 1 is 1.15 bits per heavy atom. The molecule has 5 nitrogen and oxygen atoms in total. The van der Waals surface area contributed by atoms with Gasteiger partial charge in [0.1, 0.15) is 0 Å². The number of nitrogens with zero attached hydrogens (tertiary/aromatic N) is 1. The number of halogens is 1. The standard InChI is InChI=1S/C21H22BrN3O2/c1-13-4-2-5-15(12-13)23-20(26)14-8-10-16(11-9-14)25-18-7-3-6-17(22)19(18)24-21(25)27/h2-7,12,14,16H,8-11H2,1H3,(H,23,26)(H,24,27)/t14-,16+. The van der Waals surface area contributed by atoms with E-state index in [0.29, 0.717) is 0 Å². The van der Waals surface area contributed by atoms with Crippen LogP contribution in [0.1, 0.15) is 37.3 Å². The molecule has 1 heterocycles. The number of aryl methyl sites for hydroxylation is 1. The van der Waals surface area contributed by atoms with Gasteiger partial charge in [0.05, 0.1) is 11.0 Å². The van der Waals surface area contributed by atoms with Gasteiger partial charge in [0.2, 0.25) is 5.91 Å². The van der Waals surface area contributed by atoms with E-state index < -0.39 is 0 Å². The fourth-order valence-electron chi connectivity index (χ4n) is 4.04. The number of fused-ring (bicyclic) bond motifs is 1. The summed E-state index contributed by atoms with van der Waals surface area (Å²) >= 11 is 3.50. The first kappa shape index (κ1) is 18.0. The topological polar surface area (TPSA) is 66.9 Å². The van der Waals surface area contributed by atoms with E-state index in [4.69, 9.17) is 0 Å². The fraction of sp³-hybridized carbons (Fsp3) is 0.333. The second kappa shape index (κ2) is 7.35. The third-order valence-electron chi connectivity index (χ3n) is 5.42.